The summed E-state index contributed by atoms with van der Waals surface area (Å²) < 4.78 is 26.1. The van der Waals surface area contributed by atoms with E-state index in [1.807, 2.05) is 25.2 Å². The molecule has 3 aliphatic heterocycles. The van der Waals surface area contributed by atoms with Crippen LogP contribution in [0.2, 0.25) is 0 Å². The topological polar surface area (TPSA) is 94.5 Å². The third kappa shape index (κ3) is 6.98. The van der Waals surface area contributed by atoms with E-state index in [2.05, 4.69) is 52.9 Å². The van der Waals surface area contributed by atoms with E-state index >= 15 is 0 Å². The Hall–Kier alpha value is -2.50. The van der Waals surface area contributed by atoms with E-state index < -0.39 is 22.9 Å². The first kappa shape index (κ1) is 43.2. The number of benzene rings is 2. The molecule has 2 aromatic rings. The molecule has 10 heteroatoms. The molecule has 2 saturated heterocycles. The molecule has 0 radical (unpaired) electrons. The minimum absolute atomic E-state index is 0. The number of carbonyl (C=O) groups is 2. The highest BCUT2D eigenvalue weighted by Gasteiger charge is 2.76. The number of piperidine rings is 1. The Morgan fingerprint density at radius 1 is 1.08 bits per heavy atom. The Labute approximate surface area is 329 Å². The smallest absolute Gasteiger partial charge is 0.253 e. The van der Waals surface area contributed by atoms with Gasteiger partial charge in [0, 0.05) is 55.8 Å². The fourth-order valence-electron chi connectivity index (χ4n) is 9.92. The van der Waals surface area contributed by atoms with Crippen LogP contribution in [0.4, 0.5) is 0 Å². The van der Waals surface area contributed by atoms with Gasteiger partial charge < -0.3 is 50.4 Å². The van der Waals surface area contributed by atoms with Gasteiger partial charge in [-0.25, -0.2) is 0 Å². The minimum atomic E-state index is -1.08. The number of ether oxygens (including phenoxy) is 4. The molecule has 7 rings (SSSR count). The van der Waals surface area contributed by atoms with E-state index in [-0.39, 0.29) is 55.0 Å². The van der Waals surface area contributed by atoms with Crippen LogP contribution in [0.1, 0.15) is 120 Å². The molecule has 1 spiro atoms. The molecular weight excluding hydrogens is 736 g/mol. The van der Waals surface area contributed by atoms with Crippen LogP contribution in [0.3, 0.4) is 0 Å². The Balaban J connectivity index is 0.00000209. The highest BCUT2D eigenvalue weighted by Crippen LogP contribution is 2.65. The first-order chi connectivity index (χ1) is 23.7. The molecule has 6 atom stereocenters. The molecule has 2 bridgehead atoms. The average molecular weight is 802 g/mol. The number of halogens is 1. The van der Waals surface area contributed by atoms with Crippen molar-refractivity contribution in [1.29, 1.82) is 0 Å². The molecule has 9 nitrogen and oxygen atoms in total. The highest BCUT2D eigenvalue weighted by molar-refractivity contribution is 5.94. The predicted molar refractivity (Wildman–Crippen MR) is 204 cm³/mol. The zero-order valence-corrected chi connectivity index (χ0v) is 33.1. The van der Waals surface area contributed by atoms with Crippen molar-refractivity contribution in [1.82, 2.24) is 4.90 Å². The molecule has 1 N–H and O–H groups in total. The Morgan fingerprint density at radius 2 is 1.75 bits per heavy atom. The van der Waals surface area contributed by atoms with Gasteiger partial charge in [-0.2, -0.15) is 0 Å². The molecule has 2 unspecified atom stereocenters. The Morgan fingerprint density at radius 3 is 2.40 bits per heavy atom. The maximum Gasteiger partial charge on any atom is 0.253 e. The lowest BCUT2D eigenvalue weighted by atomic mass is 9.48. The lowest BCUT2D eigenvalue weighted by molar-refractivity contribution is -0.950. The summed E-state index contributed by atoms with van der Waals surface area (Å²) in [6.07, 6.45) is 4.59. The summed E-state index contributed by atoms with van der Waals surface area (Å²) >= 11 is 0. The van der Waals surface area contributed by atoms with Crippen LogP contribution in [0, 0.1) is 5.41 Å². The standard InChI is InChI=1S/C41H57N2O7.2CH4.BrH/c1-8-27(2)28-10-12-29(13-11-28)37(45)42(5)21-9-17-39(48-25-38(3,4)26-49-39)19-22-43(6)23-20-40-34-30-14-15-32(47-7)35(34)50-36(40)31(44)16-18-41(40,46)33(43)24-30;;;/h10-15,27,33,36,46H,8-9,16-26H2,1-7H3;2*1H4;1H/q+1;;;/p-1/t27?,33-,36+,40+,41-,43?;;;/m1.../s1. The first-order valence-corrected chi connectivity index (χ1v) is 18.8. The van der Waals surface area contributed by atoms with Crippen molar-refractivity contribution < 1.29 is 55.1 Å². The second kappa shape index (κ2) is 15.6. The van der Waals surface area contributed by atoms with Gasteiger partial charge in [-0.3, -0.25) is 9.59 Å². The van der Waals surface area contributed by atoms with Gasteiger partial charge in [0.15, 0.2) is 29.2 Å². The number of carbonyl (C=O) groups excluding carboxylic acids is 2. The summed E-state index contributed by atoms with van der Waals surface area (Å²) in [6.45, 7) is 12.1. The average Bonchev–Trinajstić information content (AvgIpc) is 3.48. The fraction of sp³-hybridized carbons (Fsp3) is 0.674. The fourth-order valence-corrected chi connectivity index (χ4v) is 9.92. The molecule has 5 aliphatic rings. The van der Waals surface area contributed by atoms with Crippen LogP contribution in [0.15, 0.2) is 36.4 Å². The van der Waals surface area contributed by atoms with Crippen molar-refractivity contribution in [3.05, 3.63) is 58.7 Å². The number of likely N-dealkylation sites (N-methyl/N-ethyl adjacent to an activating group) is 1. The van der Waals surface area contributed by atoms with Gasteiger partial charge in [-0.05, 0) is 54.5 Å². The van der Waals surface area contributed by atoms with Crippen LogP contribution in [-0.2, 0) is 26.1 Å². The van der Waals surface area contributed by atoms with E-state index in [1.165, 1.54) is 5.56 Å². The summed E-state index contributed by atoms with van der Waals surface area (Å²) in [5.74, 6) is 1.08. The van der Waals surface area contributed by atoms with Crippen LogP contribution >= 0.6 is 0 Å². The Bertz CT molecular complexity index is 1640. The van der Waals surface area contributed by atoms with Crippen molar-refractivity contribution in [3.63, 3.8) is 0 Å². The van der Waals surface area contributed by atoms with Gasteiger partial charge in [0.25, 0.3) is 5.91 Å². The SMILES string of the molecule is C.C.CCC(C)c1ccc(C(=O)N(C)CCCC2(CC[N+]3(C)CC[C@]45c6c7ccc(OC)c6O[C@H]4C(=O)CC[C@@]5(O)[C@H]3C7)OCC(C)(C)CO2)cc1.[Br-]. The van der Waals surface area contributed by atoms with Gasteiger partial charge in [0.1, 0.15) is 11.6 Å². The number of ketones is 1. The number of quaternary nitrogens is 1. The molecule has 1 saturated carbocycles. The van der Waals surface area contributed by atoms with Crippen molar-refractivity contribution in [2.75, 3.05) is 54.1 Å². The van der Waals surface area contributed by atoms with Gasteiger partial charge in [0.2, 0.25) is 0 Å². The number of aliphatic hydroxyl groups is 1. The normalized spacial score (nSPS) is 30.3. The third-order valence-electron chi connectivity index (χ3n) is 13.3. The minimum Gasteiger partial charge on any atom is -1.00 e. The van der Waals surface area contributed by atoms with E-state index in [0.29, 0.717) is 85.7 Å². The zero-order chi connectivity index (χ0) is 35.7. The number of rotatable bonds is 11. The third-order valence-corrected chi connectivity index (χ3v) is 13.3. The molecule has 2 aromatic carbocycles. The number of likely N-dealkylation sites (tertiary alicyclic amines) is 1. The van der Waals surface area contributed by atoms with Crippen LogP contribution in [0.5, 0.6) is 11.5 Å². The quantitative estimate of drug-likeness (QED) is 0.343. The lowest BCUT2D eigenvalue weighted by Crippen LogP contribution is -3.00. The van der Waals surface area contributed by atoms with Crippen LogP contribution in [-0.4, -0.2) is 104 Å². The second-order valence-electron chi connectivity index (χ2n) is 17.1. The molecule has 3 fully saturated rings. The monoisotopic (exact) mass is 800 g/mol. The molecule has 296 valence electrons. The van der Waals surface area contributed by atoms with Gasteiger partial charge in [0.05, 0.1) is 52.3 Å². The van der Waals surface area contributed by atoms with E-state index in [0.717, 1.165) is 37.1 Å². The summed E-state index contributed by atoms with van der Waals surface area (Å²) in [7, 11) is 5.77. The van der Waals surface area contributed by atoms with Crippen molar-refractivity contribution >= 4 is 11.7 Å². The van der Waals surface area contributed by atoms with Gasteiger partial charge in [-0.1, -0.05) is 60.7 Å². The lowest BCUT2D eigenvalue weighted by Gasteiger charge is -2.64. The summed E-state index contributed by atoms with van der Waals surface area (Å²) in [5, 5.41) is 12.9. The summed E-state index contributed by atoms with van der Waals surface area (Å²) in [6, 6.07) is 12.0. The van der Waals surface area contributed by atoms with Crippen molar-refractivity contribution in [3.8, 4) is 11.5 Å². The second-order valence-corrected chi connectivity index (χ2v) is 17.1. The summed E-state index contributed by atoms with van der Waals surface area (Å²) in [5.41, 5.74) is 2.20. The maximum atomic E-state index is 13.4. The van der Waals surface area contributed by atoms with E-state index in [4.69, 9.17) is 18.9 Å². The van der Waals surface area contributed by atoms with Crippen LogP contribution in [0.25, 0.3) is 0 Å². The molecule has 0 aromatic heterocycles. The van der Waals surface area contributed by atoms with Gasteiger partial charge in [-0.15, -0.1) is 0 Å². The van der Waals surface area contributed by atoms with Gasteiger partial charge >= 0.3 is 0 Å². The Kier molecular flexibility index (Phi) is 12.7. The largest absolute Gasteiger partial charge is 1.00 e. The zero-order valence-electron chi connectivity index (χ0n) is 31.6. The summed E-state index contributed by atoms with van der Waals surface area (Å²) in [4.78, 5) is 28.6. The number of hydrogen-bond acceptors (Lipinski definition) is 7. The molecule has 1 amide bonds. The maximum absolute atomic E-state index is 13.4. The number of methoxy groups -OCH3 is 1. The van der Waals surface area contributed by atoms with Crippen molar-refractivity contribution in [2.24, 2.45) is 5.41 Å². The van der Waals surface area contributed by atoms with E-state index in [1.54, 1.807) is 12.0 Å². The molecular formula is C43H65BrN2O7. The molecule has 53 heavy (non-hydrogen) atoms. The number of hydrogen-bond donors (Lipinski definition) is 1. The van der Waals surface area contributed by atoms with E-state index in [9.17, 15) is 14.7 Å². The predicted octanol–water partition coefficient (Wildman–Crippen LogP) is 4.06. The highest BCUT2D eigenvalue weighted by atomic mass is 79.9. The first-order valence-electron chi connectivity index (χ1n) is 18.8. The number of amides is 1. The van der Waals surface area contributed by atoms with Crippen molar-refractivity contribution in [2.45, 2.75) is 129 Å². The molecule has 2 aliphatic carbocycles. The number of nitrogens with zero attached hydrogens (tertiary/aromatic N) is 2. The molecule has 3 heterocycles. The van der Waals surface area contributed by atoms with Crippen LogP contribution < -0.4 is 26.5 Å². The number of Topliss-reactive ketones (excluding diaryl/α,β-unsaturated/α-hetero) is 1.